The van der Waals surface area contributed by atoms with E-state index in [1.165, 1.54) is 11.1 Å². The first kappa shape index (κ1) is 13.1. The quantitative estimate of drug-likeness (QED) is 0.679. The Bertz CT molecular complexity index is 746. The van der Waals surface area contributed by atoms with Crippen molar-refractivity contribution >= 4 is 22.6 Å². The Labute approximate surface area is 123 Å². The second-order valence-electron chi connectivity index (χ2n) is 4.96. The SMILES string of the molecule is Cc1ccncc1Cn1c(C(C)Cl)nc2ccccc21. The summed E-state index contributed by atoms with van der Waals surface area (Å²) in [6, 6.07) is 10.1. The van der Waals surface area contributed by atoms with Gasteiger partial charge in [0.15, 0.2) is 0 Å². The van der Waals surface area contributed by atoms with Gasteiger partial charge in [-0.25, -0.2) is 4.98 Å². The first-order valence-corrected chi connectivity index (χ1v) is 7.09. The summed E-state index contributed by atoms with van der Waals surface area (Å²) < 4.78 is 2.18. The van der Waals surface area contributed by atoms with E-state index >= 15 is 0 Å². The van der Waals surface area contributed by atoms with Gasteiger partial charge < -0.3 is 4.57 Å². The lowest BCUT2D eigenvalue weighted by Gasteiger charge is -2.12. The number of benzene rings is 1. The fourth-order valence-electron chi connectivity index (χ4n) is 2.40. The van der Waals surface area contributed by atoms with Crippen LogP contribution in [0, 0.1) is 6.92 Å². The van der Waals surface area contributed by atoms with Gasteiger partial charge >= 0.3 is 0 Å². The van der Waals surface area contributed by atoms with Gasteiger partial charge in [-0.3, -0.25) is 4.98 Å². The Morgan fingerprint density at radius 2 is 2.05 bits per heavy atom. The lowest BCUT2D eigenvalue weighted by Crippen LogP contribution is -2.07. The third kappa shape index (κ3) is 2.29. The van der Waals surface area contributed by atoms with Gasteiger partial charge in [0.05, 0.1) is 23.0 Å². The maximum Gasteiger partial charge on any atom is 0.128 e. The van der Waals surface area contributed by atoms with Crippen LogP contribution in [-0.2, 0) is 6.54 Å². The molecule has 2 heterocycles. The van der Waals surface area contributed by atoms with Crippen molar-refractivity contribution in [3.63, 3.8) is 0 Å². The summed E-state index contributed by atoms with van der Waals surface area (Å²) in [4.78, 5) is 8.86. The predicted molar refractivity (Wildman–Crippen MR) is 82.1 cm³/mol. The van der Waals surface area contributed by atoms with E-state index in [0.29, 0.717) is 0 Å². The molecule has 20 heavy (non-hydrogen) atoms. The standard InChI is InChI=1S/C16H16ClN3/c1-11-7-8-18-9-13(11)10-20-15-6-4-3-5-14(15)19-16(20)12(2)17/h3-9,12H,10H2,1-2H3. The highest BCUT2D eigenvalue weighted by molar-refractivity contribution is 6.20. The number of fused-ring (bicyclic) bond motifs is 1. The normalized spacial score (nSPS) is 12.8. The lowest BCUT2D eigenvalue weighted by molar-refractivity contribution is 0.737. The van der Waals surface area contributed by atoms with Crippen LogP contribution in [0.3, 0.4) is 0 Å². The Morgan fingerprint density at radius 1 is 1.25 bits per heavy atom. The Balaban J connectivity index is 2.14. The van der Waals surface area contributed by atoms with E-state index in [-0.39, 0.29) is 5.38 Å². The summed E-state index contributed by atoms with van der Waals surface area (Å²) in [6.45, 7) is 4.79. The minimum atomic E-state index is -0.126. The van der Waals surface area contributed by atoms with Gasteiger partial charge in [0, 0.05) is 12.4 Å². The van der Waals surface area contributed by atoms with Crippen molar-refractivity contribution < 1.29 is 0 Å². The van der Waals surface area contributed by atoms with Crippen LogP contribution < -0.4 is 0 Å². The van der Waals surface area contributed by atoms with Crippen LogP contribution >= 0.6 is 11.6 Å². The molecule has 0 aliphatic rings. The van der Waals surface area contributed by atoms with E-state index in [4.69, 9.17) is 11.6 Å². The molecule has 1 atom stereocenters. The van der Waals surface area contributed by atoms with E-state index < -0.39 is 0 Å². The van der Waals surface area contributed by atoms with E-state index in [1.54, 1.807) is 0 Å². The molecular formula is C16H16ClN3. The third-order valence-electron chi connectivity index (χ3n) is 3.52. The Kier molecular flexibility index (Phi) is 3.45. The van der Waals surface area contributed by atoms with Crippen molar-refractivity contribution in [2.75, 3.05) is 0 Å². The smallest absolute Gasteiger partial charge is 0.128 e. The fraction of sp³-hybridized carbons (Fsp3) is 0.250. The number of halogens is 1. The van der Waals surface area contributed by atoms with Crippen LogP contribution in [0.5, 0.6) is 0 Å². The first-order chi connectivity index (χ1) is 9.66. The zero-order valence-corrected chi connectivity index (χ0v) is 12.3. The van der Waals surface area contributed by atoms with Crippen LogP contribution in [0.25, 0.3) is 11.0 Å². The summed E-state index contributed by atoms with van der Waals surface area (Å²) in [6.07, 6.45) is 3.72. The highest BCUT2D eigenvalue weighted by Gasteiger charge is 2.15. The minimum absolute atomic E-state index is 0.126. The summed E-state index contributed by atoms with van der Waals surface area (Å²) in [7, 11) is 0. The zero-order chi connectivity index (χ0) is 14.1. The maximum atomic E-state index is 6.29. The summed E-state index contributed by atoms with van der Waals surface area (Å²) >= 11 is 6.29. The highest BCUT2D eigenvalue weighted by atomic mass is 35.5. The average Bonchev–Trinajstić information content (AvgIpc) is 2.81. The van der Waals surface area contributed by atoms with Gasteiger partial charge in [0.25, 0.3) is 0 Å². The van der Waals surface area contributed by atoms with Gasteiger partial charge in [-0.15, -0.1) is 11.6 Å². The molecule has 0 saturated carbocycles. The number of alkyl halides is 1. The molecular weight excluding hydrogens is 270 g/mol. The molecule has 0 radical (unpaired) electrons. The number of aromatic nitrogens is 3. The molecule has 4 heteroatoms. The number of imidazole rings is 1. The second kappa shape index (κ2) is 5.25. The summed E-state index contributed by atoms with van der Waals surface area (Å²) in [5.41, 5.74) is 4.51. The van der Waals surface area contributed by atoms with Crippen LogP contribution in [0.4, 0.5) is 0 Å². The molecule has 0 aliphatic carbocycles. The van der Waals surface area contributed by atoms with E-state index in [0.717, 1.165) is 23.4 Å². The highest BCUT2D eigenvalue weighted by Crippen LogP contribution is 2.25. The van der Waals surface area contributed by atoms with Gasteiger partial charge in [0.1, 0.15) is 5.82 Å². The molecule has 0 N–H and O–H groups in total. The molecule has 2 aromatic heterocycles. The third-order valence-corrected chi connectivity index (χ3v) is 3.71. The van der Waals surface area contributed by atoms with Crippen molar-refractivity contribution in [2.45, 2.75) is 25.8 Å². The van der Waals surface area contributed by atoms with Crippen LogP contribution in [0.1, 0.15) is 29.3 Å². The second-order valence-corrected chi connectivity index (χ2v) is 5.62. The molecule has 0 saturated heterocycles. The molecule has 0 spiro atoms. The molecule has 102 valence electrons. The minimum Gasteiger partial charge on any atom is -0.322 e. The molecule has 0 bridgehead atoms. The van der Waals surface area contributed by atoms with Gasteiger partial charge in [-0.05, 0) is 43.2 Å². The topological polar surface area (TPSA) is 30.7 Å². The molecule has 3 rings (SSSR count). The molecule has 3 aromatic rings. The van der Waals surface area contributed by atoms with Gasteiger partial charge in [-0.1, -0.05) is 12.1 Å². The number of hydrogen-bond donors (Lipinski definition) is 0. The van der Waals surface area contributed by atoms with E-state index in [9.17, 15) is 0 Å². The molecule has 0 fully saturated rings. The largest absolute Gasteiger partial charge is 0.322 e. The molecule has 3 nitrogen and oxygen atoms in total. The van der Waals surface area contributed by atoms with Crippen molar-refractivity contribution in [1.82, 2.24) is 14.5 Å². The number of para-hydroxylation sites is 2. The number of pyridine rings is 1. The Hall–Kier alpha value is -1.87. The fourth-order valence-corrected chi connectivity index (χ4v) is 2.56. The summed E-state index contributed by atoms with van der Waals surface area (Å²) in [5, 5.41) is -0.126. The zero-order valence-electron chi connectivity index (χ0n) is 11.5. The van der Waals surface area contributed by atoms with Crippen molar-refractivity contribution in [2.24, 2.45) is 0 Å². The molecule has 1 aromatic carbocycles. The number of rotatable bonds is 3. The van der Waals surface area contributed by atoms with Crippen LogP contribution in [0.15, 0.2) is 42.7 Å². The molecule has 1 unspecified atom stereocenters. The maximum absolute atomic E-state index is 6.29. The first-order valence-electron chi connectivity index (χ1n) is 6.65. The molecule has 0 aliphatic heterocycles. The van der Waals surface area contributed by atoms with Crippen molar-refractivity contribution in [3.8, 4) is 0 Å². The van der Waals surface area contributed by atoms with E-state index in [1.807, 2.05) is 43.6 Å². The predicted octanol–water partition coefficient (Wildman–Crippen LogP) is 4.09. The Morgan fingerprint density at radius 3 is 2.80 bits per heavy atom. The van der Waals surface area contributed by atoms with Gasteiger partial charge in [0.2, 0.25) is 0 Å². The monoisotopic (exact) mass is 285 g/mol. The number of hydrogen-bond acceptors (Lipinski definition) is 2. The van der Waals surface area contributed by atoms with E-state index in [2.05, 4.69) is 27.5 Å². The van der Waals surface area contributed by atoms with Gasteiger partial charge in [-0.2, -0.15) is 0 Å². The van der Waals surface area contributed by atoms with Crippen molar-refractivity contribution in [1.29, 1.82) is 0 Å². The van der Waals surface area contributed by atoms with Crippen molar-refractivity contribution in [3.05, 3.63) is 59.7 Å². The average molecular weight is 286 g/mol. The summed E-state index contributed by atoms with van der Waals surface area (Å²) in [5.74, 6) is 0.899. The molecule has 0 amide bonds. The lowest BCUT2D eigenvalue weighted by atomic mass is 10.1. The number of aryl methyl sites for hydroxylation is 1. The van der Waals surface area contributed by atoms with Crippen LogP contribution in [0.2, 0.25) is 0 Å². The van der Waals surface area contributed by atoms with Crippen LogP contribution in [-0.4, -0.2) is 14.5 Å². The number of nitrogens with zero attached hydrogens (tertiary/aromatic N) is 3.